The Labute approximate surface area is 205 Å². The summed E-state index contributed by atoms with van der Waals surface area (Å²) in [6, 6.07) is 41.6. The highest BCUT2D eigenvalue weighted by atomic mass is 15.0. The molecule has 0 bridgehead atoms. The molecule has 0 unspecified atom stereocenters. The Morgan fingerprint density at radius 2 is 1.26 bits per heavy atom. The normalized spacial score (nSPS) is 13.7. The van der Waals surface area contributed by atoms with Gasteiger partial charge in [-0.3, -0.25) is 0 Å². The average Bonchev–Trinajstić information content (AvgIpc) is 3.34. The summed E-state index contributed by atoms with van der Waals surface area (Å²) in [6.07, 6.45) is 0. The fourth-order valence-corrected chi connectivity index (χ4v) is 5.85. The molecule has 1 N–H and O–H groups in total. The molecule has 0 saturated heterocycles. The van der Waals surface area contributed by atoms with Crippen molar-refractivity contribution in [2.24, 2.45) is 0 Å². The van der Waals surface area contributed by atoms with Gasteiger partial charge in [-0.05, 0) is 70.8 Å². The van der Waals surface area contributed by atoms with Crippen LogP contribution in [-0.4, -0.2) is 4.57 Å². The van der Waals surface area contributed by atoms with Gasteiger partial charge < -0.3 is 9.88 Å². The van der Waals surface area contributed by atoms with E-state index in [1.165, 1.54) is 49.7 Å². The van der Waals surface area contributed by atoms with Gasteiger partial charge in [0.2, 0.25) is 0 Å². The number of nitrogens with zero attached hydrogens (tertiary/aromatic N) is 1. The SMILES string of the molecule is CC1(C)c2ccccc2-c2ccc(-n3c4ccccc4c4cc(Nc5ccccc5)ccc43)cc21. The van der Waals surface area contributed by atoms with Crippen LogP contribution in [0.5, 0.6) is 0 Å². The lowest BCUT2D eigenvalue weighted by Gasteiger charge is -2.22. The Morgan fingerprint density at radius 3 is 2.14 bits per heavy atom. The molecule has 1 heterocycles. The lowest BCUT2D eigenvalue weighted by Crippen LogP contribution is -2.15. The second kappa shape index (κ2) is 7.35. The molecule has 6 aromatic rings. The standard InChI is InChI=1S/C33H26N2/c1-33(2)29-14-8-6-12-25(29)26-18-17-24(21-30(26)33)35-31-15-9-7-13-27(31)28-20-23(16-19-32(28)35)34-22-10-4-3-5-11-22/h3-21,34H,1-2H3. The van der Waals surface area contributed by atoms with E-state index in [1.54, 1.807) is 0 Å². The molecule has 5 aromatic carbocycles. The number of nitrogens with one attached hydrogen (secondary N) is 1. The number of fused-ring (bicyclic) bond motifs is 6. The van der Waals surface area contributed by atoms with Crippen LogP contribution in [0.1, 0.15) is 25.0 Å². The van der Waals surface area contributed by atoms with Crippen molar-refractivity contribution in [3.8, 4) is 16.8 Å². The van der Waals surface area contributed by atoms with E-state index < -0.39 is 0 Å². The van der Waals surface area contributed by atoms with Crippen LogP contribution in [0.25, 0.3) is 38.6 Å². The fourth-order valence-electron chi connectivity index (χ4n) is 5.85. The molecule has 1 aliphatic rings. The van der Waals surface area contributed by atoms with Crippen LogP contribution in [0, 0.1) is 0 Å². The maximum absolute atomic E-state index is 3.56. The first kappa shape index (κ1) is 20.1. The van der Waals surface area contributed by atoms with E-state index in [4.69, 9.17) is 0 Å². The largest absolute Gasteiger partial charge is 0.356 e. The molecule has 0 saturated carbocycles. The molecule has 35 heavy (non-hydrogen) atoms. The summed E-state index contributed by atoms with van der Waals surface area (Å²) in [5.41, 5.74) is 11.3. The third-order valence-corrected chi connectivity index (χ3v) is 7.56. The minimum atomic E-state index is -0.0204. The smallest absolute Gasteiger partial charge is 0.0542 e. The van der Waals surface area contributed by atoms with Crippen molar-refractivity contribution in [2.45, 2.75) is 19.3 Å². The third-order valence-electron chi connectivity index (χ3n) is 7.56. The number of aromatic nitrogens is 1. The first-order valence-corrected chi connectivity index (χ1v) is 12.2. The Hall–Kier alpha value is -4.30. The highest BCUT2D eigenvalue weighted by molar-refractivity contribution is 6.10. The molecule has 0 radical (unpaired) electrons. The molecule has 0 atom stereocenters. The van der Waals surface area contributed by atoms with Gasteiger partial charge in [0.1, 0.15) is 0 Å². The zero-order valence-corrected chi connectivity index (χ0v) is 19.9. The van der Waals surface area contributed by atoms with E-state index >= 15 is 0 Å². The molecule has 0 fully saturated rings. The molecule has 1 aliphatic carbocycles. The lowest BCUT2D eigenvalue weighted by molar-refractivity contribution is 0.660. The van der Waals surface area contributed by atoms with Crippen molar-refractivity contribution < 1.29 is 0 Å². The van der Waals surface area contributed by atoms with E-state index in [-0.39, 0.29) is 5.41 Å². The predicted octanol–water partition coefficient (Wildman–Crippen LogP) is 8.83. The van der Waals surface area contributed by atoms with Crippen molar-refractivity contribution in [3.63, 3.8) is 0 Å². The topological polar surface area (TPSA) is 17.0 Å². The quantitative estimate of drug-likeness (QED) is 0.285. The van der Waals surface area contributed by atoms with Crippen LogP contribution in [0.2, 0.25) is 0 Å². The van der Waals surface area contributed by atoms with Crippen LogP contribution in [0.3, 0.4) is 0 Å². The predicted molar refractivity (Wildman–Crippen MR) is 148 cm³/mol. The molecular formula is C33H26N2. The summed E-state index contributed by atoms with van der Waals surface area (Å²) in [4.78, 5) is 0. The van der Waals surface area contributed by atoms with Gasteiger partial charge in [0, 0.05) is 33.2 Å². The number of benzene rings is 5. The molecular weight excluding hydrogens is 424 g/mol. The number of hydrogen-bond acceptors (Lipinski definition) is 1. The number of rotatable bonds is 3. The fraction of sp³-hybridized carbons (Fsp3) is 0.0909. The molecule has 0 aliphatic heterocycles. The Kier molecular flexibility index (Phi) is 4.22. The molecule has 2 heteroatoms. The Bertz CT molecular complexity index is 1740. The summed E-state index contributed by atoms with van der Waals surface area (Å²) in [6.45, 7) is 4.68. The van der Waals surface area contributed by atoms with E-state index in [9.17, 15) is 0 Å². The average molecular weight is 451 g/mol. The molecule has 1 aromatic heterocycles. The van der Waals surface area contributed by atoms with Gasteiger partial charge in [0.05, 0.1) is 11.0 Å². The Balaban J connectivity index is 1.42. The molecule has 7 rings (SSSR count). The molecule has 168 valence electrons. The lowest BCUT2D eigenvalue weighted by atomic mass is 9.82. The minimum Gasteiger partial charge on any atom is -0.356 e. The Morgan fingerprint density at radius 1 is 0.543 bits per heavy atom. The second-order valence-electron chi connectivity index (χ2n) is 9.98. The van der Waals surface area contributed by atoms with Gasteiger partial charge in [0.15, 0.2) is 0 Å². The summed E-state index contributed by atoms with van der Waals surface area (Å²) >= 11 is 0. The van der Waals surface area contributed by atoms with Crippen molar-refractivity contribution in [2.75, 3.05) is 5.32 Å². The third kappa shape index (κ3) is 2.96. The van der Waals surface area contributed by atoms with E-state index in [0.29, 0.717) is 0 Å². The highest BCUT2D eigenvalue weighted by Crippen LogP contribution is 2.49. The monoisotopic (exact) mass is 450 g/mol. The maximum Gasteiger partial charge on any atom is 0.0542 e. The van der Waals surface area contributed by atoms with Crippen LogP contribution >= 0.6 is 0 Å². The molecule has 0 amide bonds. The van der Waals surface area contributed by atoms with Crippen molar-refractivity contribution in [1.82, 2.24) is 4.57 Å². The van der Waals surface area contributed by atoms with Gasteiger partial charge >= 0.3 is 0 Å². The maximum atomic E-state index is 3.56. The molecule has 0 spiro atoms. The summed E-state index contributed by atoms with van der Waals surface area (Å²) in [5, 5.41) is 6.08. The summed E-state index contributed by atoms with van der Waals surface area (Å²) in [7, 11) is 0. The first-order chi connectivity index (χ1) is 17.1. The first-order valence-electron chi connectivity index (χ1n) is 12.2. The zero-order valence-electron chi connectivity index (χ0n) is 19.9. The van der Waals surface area contributed by atoms with Crippen molar-refractivity contribution in [3.05, 3.63) is 126 Å². The number of anilines is 2. The van der Waals surface area contributed by atoms with E-state index in [1.807, 2.05) is 6.07 Å². The van der Waals surface area contributed by atoms with Crippen LogP contribution < -0.4 is 5.32 Å². The summed E-state index contributed by atoms with van der Waals surface area (Å²) < 4.78 is 2.41. The van der Waals surface area contributed by atoms with Crippen LogP contribution in [0.4, 0.5) is 11.4 Å². The van der Waals surface area contributed by atoms with Gasteiger partial charge in [-0.1, -0.05) is 80.6 Å². The number of hydrogen-bond donors (Lipinski definition) is 1. The highest BCUT2D eigenvalue weighted by Gasteiger charge is 2.35. The van der Waals surface area contributed by atoms with Gasteiger partial charge in [-0.2, -0.15) is 0 Å². The van der Waals surface area contributed by atoms with Crippen molar-refractivity contribution in [1.29, 1.82) is 0 Å². The second-order valence-corrected chi connectivity index (χ2v) is 9.98. The van der Waals surface area contributed by atoms with Crippen molar-refractivity contribution >= 4 is 33.2 Å². The zero-order chi connectivity index (χ0) is 23.6. The van der Waals surface area contributed by atoms with Gasteiger partial charge in [0.25, 0.3) is 0 Å². The van der Waals surface area contributed by atoms with Crippen LogP contribution in [-0.2, 0) is 5.41 Å². The van der Waals surface area contributed by atoms with E-state index in [0.717, 1.165) is 11.4 Å². The van der Waals surface area contributed by atoms with E-state index in [2.05, 4.69) is 133 Å². The summed E-state index contributed by atoms with van der Waals surface area (Å²) in [5.74, 6) is 0. The number of para-hydroxylation sites is 2. The molecule has 2 nitrogen and oxygen atoms in total. The van der Waals surface area contributed by atoms with Crippen LogP contribution in [0.15, 0.2) is 115 Å². The van der Waals surface area contributed by atoms with Gasteiger partial charge in [-0.25, -0.2) is 0 Å². The minimum absolute atomic E-state index is 0.0204. The van der Waals surface area contributed by atoms with Gasteiger partial charge in [-0.15, -0.1) is 0 Å².